The Morgan fingerprint density at radius 3 is 2.33 bits per heavy atom. The molecule has 0 heterocycles. The molecular weight excluding hydrogens is 300 g/mol. The van der Waals surface area contributed by atoms with Crippen molar-refractivity contribution in [3.8, 4) is 12.1 Å². The van der Waals surface area contributed by atoms with Crippen molar-refractivity contribution in [2.45, 2.75) is 13.0 Å². The Morgan fingerprint density at radius 1 is 1.08 bits per heavy atom. The van der Waals surface area contributed by atoms with Crippen molar-refractivity contribution in [2.24, 2.45) is 0 Å². The smallest absolute Gasteiger partial charge is 0.263 e. The van der Waals surface area contributed by atoms with Gasteiger partial charge in [-0.2, -0.15) is 10.5 Å². The minimum atomic E-state index is -0.449. The van der Waals surface area contributed by atoms with Crippen molar-refractivity contribution >= 4 is 11.6 Å². The van der Waals surface area contributed by atoms with Gasteiger partial charge >= 0.3 is 0 Å². The van der Waals surface area contributed by atoms with E-state index >= 15 is 0 Å². The average molecular weight is 316 g/mol. The van der Waals surface area contributed by atoms with Crippen LogP contribution >= 0.6 is 0 Å². The van der Waals surface area contributed by atoms with Gasteiger partial charge in [-0.05, 0) is 36.8 Å². The van der Waals surface area contributed by atoms with Crippen LogP contribution in [0.25, 0.3) is 0 Å². The maximum Gasteiger partial charge on any atom is 0.263 e. The molecule has 0 saturated heterocycles. The second-order valence-corrected chi connectivity index (χ2v) is 5.11. The highest BCUT2D eigenvalue weighted by Crippen LogP contribution is 2.13. The molecule has 5 heteroatoms. The highest BCUT2D eigenvalue weighted by molar-refractivity contribution is 5.97. The van der Waals surface area contributed by atoms with E-state index in [1.807, 2.05) is 49.4 Å². The average Bonchev–Trinajstić information content (AvgIpc) is 2.63. The topological polar surface area (TPSA) is 88.7 Å². The van der Waals surface area contributed by atoms with Crippen LogP contribution in [0.3, 0.4) is 0 Å². The van der Waals surface area contributed by atoms with E-state index in [1.54, 1.807) is 24.3 Å². The summed E-state index contributed by atoms with van der Waals surface area (Å²) in [5, 5.41) is 23.6. The van der Waals surface area contributed by atoms with Crippen molar-refractivity contribution in [1.29, 1.82) is 10.5 Å². The van der Waals surface area contributed by atoms with Crippen LogP contribution in [0, 0.1) is 22.7 Å². The van der Waals surface area contributed by atoms with Gasteiger partial charge in [-0.1, -0.05) is 30.3 Å². The fourth-order valence-corrected chi connectivity index (χ4v) is 2.04. The number of amides is 1. The van der Waals surface area contributed by atoms with E-state index in [2.05, 4.69) is 10.6 Å². The number of hydrogen-bond donors (Lipinski definition) is 2. The number of carbonyl (C=O) groups is 1. The monoisotopic (exact) mass is 316 g/mol. The zero-order valence-corrected chi connectivity index (χ0v) is 13.2. The van der Waals surface area contributed by atoms with E-state index in [4.69, 9.17) is 5.26 Å². The summed E-state index contributed by atoms with van der Waals surface area (Å²) in [6.07, 6.45) is 1.36. The predicted octanol–water partition coefficient (Wildman–Crippen LogP) is 3.26. The number of anilines is 1. The Kier molecular flexibility index (Phi) is 5.71. The SMILES string of the molecule is CC(NC(=O)/C(C#N)=C\Nc1ccc(C#N)cc1)c1ccccc1. The van der Waals surface area contributed by atoms with E-state index in [1.165, 1.54) is 6.20 Å². The van der Waals surface area contributed by atoms with Crippen LogP contribution in [-0.2, 0) is 4.79 Å². The number of rotatable bonds is 5. The van der Waals surface area contributed by atoms with Crippen molar-refractivity contribution in [3.05, 3.63) is 77.5 Å². The Labute approximate surface area is 140 Å². The van der Waals surface area contributed by atoms with Crippen LogP contribution in [0.5, 0.6) is 0 Å². The van der Waals surface area contributed by atoms with Crippen LogP contribution in [0.2, 0.25) is 0 Å². The van der Waals surface area contributed by atoms with Crippen LogP contribution in [0.15, 0.2) is 66.4 Å². The van der Waals surface area contributed by atoms with E-state index in [0.29, 0.717) is 11.3 Å². The van der Waals surface area contributed by atoms with Gasteiger partial charge in [-0.25, -0.2) is 0 Å². The molecule has 0 aliphatic carbocycles. The van der Waals surface area contributed by atoms with E-state index in [0.717, 1.165) is 5.56 Å². The summed E-state index contributed by atoms with van der Waals surface area (Å²) in [7, 11) is 0. The van der Waals surface area contributed by atoms with Gasteiger partial charge in [-0.3, -0.25) is 4.79 Å². The molecule has 0 aromatic heterocycles. The first-order chi connectivity index (χ1) is 11.6. The van der Waals surface area contributed by atoms with E-state index in [-0.39, 0.29) is 11.6 Å². The molecule has 1 atom stereocenters. The van der Waals surface area contributed by atoms with Gasteiger partial charge in [0.2, 0.25) is 0 Å². The van der Waals surface area contributed by atoms with Crippen LogP contribution in [0.4, 0.5) is 5.69 Å². The second-order valence-electron chi connectivity index (χ2n) is 5.11. The fourth-order valence-electron chi connectivity index (χ4n) is 2.04. The molecule has 2 N–H and O–H groups in total. The number of hydrogen-bond acceptors (Lipinski definition) is 4. The van der Waals surface area contributed by atoms with Gasteiger partial charge in [0.25, 0.3) is 5.91 Å². The van der Waals surface area contributed by atoms with Gasteiger partial charge < -0.3 is 10.6 Å². The summed E-state index contributed by atoms with van der Waals surface area (Å²) >= 11 is 0. The molecule has 0 fully saturated rings. The third-order valence-electron chi connectivity index (χ3n) is 3.41. The van der Waals surface area contributed by atoms with Crippen LogP contribution in [0.1, 0.15) is 24.1 Å². The zero-order valence-electron chi connectivity index (χ0n) is 13.2. The molecule has 0 bridgehead atoms. The Bertz CT molecular complexity index is 811. The number of nitrogens with one attached hydrogen (secondary N) is 2. The summed E-state index contributed by atoms with van der Waals surface area (Å²) in [6.45, 7) is 1.86. The standard InChI is InChI=1S/C19H16N4O/c1-14(16-5-3-2-4-6-16)23-19(24)17(12-21)13-22-18-9-7-15(11-20)8-10-18/h2-10,13-14,22H,1H3,(H,23,24)/b17-13-. The summed E-state index contributed by atoms with van der Waals surface area (Å²) < 4.78 is 0. The molecule has 5 nitrogen and oxygen atoms in total. The summed E-state index contributed by atoms with van der Waals surface area (Å²) in [5.41, 5.74) is 2.16. The number of benzene rings is 2. The summed E-state index contributed by atoms with van der Waals surface area (Å²) in [5.74, 6) is -0.449. The van der Waals surface area contributed by atoms with Crippen molar-refractivity contribution in [2.75, 3.05) is 5.32 Å². The third kappa shape index (κ3) is 4.46. The third-order valence-corrected chi connectivity index (χ3v) is 3.41. The van der Waals surface area contributed by atoms with E-state index in [9.17, 15) is 10.1 Å². The first-order valence-corrected chi connectivity index (χ1v) is 7.37. The molecule has 1 unspecified atom stereocenters. The molecule has 0 aliphatic heterocycles. The first-order valence-electron chi connectivity index (χ1n) is 7.37. The lowest BCUT2D eigenvalue weighted by Crippen LogP contribution is -2.28. The number of carbonyl (C=O) groups excluding carboxylic acids is 1. The van der Waals surface area contributed by atoms with Gasteiger partial charge in [0.1, 0.15) is 11.6 Å². The largest absolute Gasteiger partial charge is 0.360 e. The lowest BCUT2D eigenvalue weighted by molar-refractivity contribution is -0.117. The molecule has 118 valence electrons. The molecule has 2 aromatic rings. The summed E-state index contributed by atoms with van der Waals surface area (Å²) in [6, 6.07) is 19.9. The van der Waals surface area contributed by atoms with Crippen molar-refractivity contribution in [1.82, 2.24) is 5.32 Å². The maximum atomic E-state index is 12.2. The number of nitrogens with zero attached hydrogens (tertiary/aromatic N) is 2. The zero-order chi connectivity index (χ0) is 17.4. The van der Waals surface area contributed by atoms with Crippen molar-refractivity contribution < 1.29 is 4.79 Å². The first kappa shape index (κ1) is 16.8. The Morgan fingerprint density at radius 2 is 1.75 bits per heavy atom. The minimum Gasteiger partial charge on any atom is -0.360 e. The molecule has 0 aliphatic rings. The van der Waals surface area contributed by atoms with E-state index < -0.39 is 5.91 Å². The molecule has 1 amide bonds. The number of nitriles is 2. The molecule has 2 rings (SSSR count). The lowest BCUT2D eigenvalue weighted by Gasteiger charge is -2.13. The van der Waals surface area contributed by atoms with Crippen molar-refractivity contribution in [3.63, 3.8) is 0 Å². The quantitative estimate of drug-likeness (QED) is 0.654. The Hall–Kier alpha value is -3.57. The molecule has 0 spiro atoms. The fraction of sp³-hybridized carbons (Fsp3) is 0.105. The summed E-state index contributed by atoms with van der Waals surface area (Å²) in [4.78, 5) is 12.2. The maximum absolute atomic E-state index is 12.2. The molecule has 24 heavy (non-hydrogen) atoms. The predicted molar refractivity (Wildman–Crippen MR) is 91.5 cm³/mol. The van der Waals surface area contributed by atoms with Gasteiger partial charge in [-0.15, -0.1) is 0 Å². The second kappa shape index (κ2) is 8.17. The normalized spacial score (nSPS) is 11.7. The Balaban J connectivity index is 2.02. The molecule has 0 radical (unpaired) electrons. The van der Waals surface area contributed by atoms with Crippen LogP contribution in [-0.4, -0.2) is 5.91 Å². The minimum absolute atomic E-state index is 0.0258. The van der Waals surface area contributed by atoms with Gasteiger partial charge in [0.05, 0.1) is 17.7 Å². The molecule has 2 aromatic carbocycles. The van der Waals surface area contributed by atoms with Gasteiger partial charge in [0.15, 0.2) is 0 Å². The van der Waals surface area contributed by atoms with Crippen LogP contribution < -0.4 is 10.6 Å². The molecule has 0 saturated carbocycles. The molecular formula is C19H16N4O. The lowest BCUT2D eigenvalue weighted by atomic mass is 10.1. The highest BCUT2D eigenvalue weighted by Gasteiger charge is 2.13. The van der Waals surface area contributed by atoms with Gasteiger partial charge in [0, 0.05) is 11.9 Å². The highest BCUT2D eigenvalue weighted by atomic mass is 16.1.